The number of carbonyl (C=O) groups excluding carboxylic acids is 1. The Labute approximate surface area is 112 Å². The van der Waals surface area contributed by atoms with Gasteiger partial charge < -0.3 is 4.90 Å². The van der Waals surface area contributed by atoms with Crippen molar-refractivity contribution in [3.63, 3.8) is 0 Å². The van der Waals surface area contributed by atoms with Gasteiger partial charge in [-0.2, -0.15) is 0 Å². The number of halogens is 4. The third kappa shape index (κ3) is 4.01. The van der Waals surface area contributed by atoms with Crippen LogP contribution in [-0.4, -0.2) is 35.7 Å². The Hall–Kier alpha value is -1.04. The molecule has 1 aromatic rings. The van der Waals surface area contributed by atoms with E-state index in [-0.39, 0.29) is 12.1 Å². The molecule has 1 aromatic carbocycles. The predicted molar refractivity (Wildman–Crippen MR) is 66.8 cm³/mol. The van der Waals surface area contributed by atoms with Crippen LogP contribution in [0.2, 0.25) is 0 Å². The van der Waals surface area contributed by atoms with Crippen LogP contribution < -0.4 is 0 Å². The number of aryl methyl sites for hydroxylation is 1. The minimum Gasteiger partial charge on any atom is -0.332 e. The van der Waals surface area contributed by atoms with Crippen molar-refractivity contribution < 1.29 is 18.0 Å². The third-order valence-electron chi connectivity index (χ3n) is 2.36. The molecule has 0 saturated carbocycles. The van der Waals surface area contributed by atoms with Crippen molar-refractivity contribution in [3.8, 4) is 0 Å². The largest absolute Gasteiger partial charge is 0.332 e. The lowest BCUT2D eigenvalue weighted by molar-refractivity contribution is 0.0568. The van der Waals surface area contributed by atoms with Gasteiger partial charge in [-0.1, -0.05) is 22.0 Å². The molecule has 0 radical (unpaired) electrons. The molecule has 1 amide bonds. The highest BCUT2D eigenvalue weighted by Gasteiger charge is 2.21. The molecule has 0 spiro atoms. The summed E-state index contributed by atoms with van der Waals surface area (Å²) in [5.74, 6) is -1.40. The summed E-state index contributed by atoms with van der Waals surface area (Å²) < 4.78 is 38.3. The number of hydrogen-bond acceptors (Lipinski definition) is 1. The van der Waals surface area contributed by atoms with Crippen LogP contribution in [0.4, 0.5) is 13.2 Å². The maximum atomic E-state index is 13.6. The van der Waals surface area contributed by atoms with Crippen LogP contribution >= 0.6 is 15.9 Å². The van der Waals surface area contributed by atoms with E-state index >= 15 is 0 Å². The molecule has 0 aromatic heterocycles. The fraction of sp³-hybridized carbons (Fsp3) is 0.417. The predicted octanol–water partition coefficient (Wildman–Crippen LogP) is 3.24. The number of nitrogens with zero attached hydrogens (tertiary/aromatic N) is 1. The molecule has 0 saturated heterocycles. The van der Waals surface area contributed by atoms with Gasteiger partial charge in [-0.25, -0.2) is 13.2 Å². The van der Waals surface area contributed by atoms with Gasteiger partial charge >= 0.3 is 0 Å². The lowest BCUT2D eigenvalue weighted by Crippen LogP contribution is -2.37. The maximum Gasteiger partial charge on any atom is 0.257 e. The molecule has 100 valence electrons. The van der Waals surface area contributed by atoms with Crippen LogP contribution in [0.1, 0.15) is 15.9 Å². The quantitative estimate of drug-likeness (QED) is 0.762. The van der Waals surface area contributed by atoms with Crippen LogP contribution in [0.5, 0.6) is 0 Å². The summed E-state index contributed by atoms with van der Waals surface area (Å²) in [7, 11) is 0. The molecule has 0 bridgehead atoms. The van der Waals surface area contributed by atoms with Crippen molar-refractivity contribution in [2.24, 2.45) is 0 Å². The van der Waals surface area contributed by atoms with E-state index in [0.717, 1.165) is 4.90 Å². The Bertz CT molecular complexity index is 426. The molecule has 1 rings (SSSR count). The summed E-state index contributed by atoms with van der Waals surface area (Å²) in [6.07, 6.45) is -2.64. The Kier molecular flexibility index (Phi) is 5.65. The zero-order chi connectivity index (χ0) is 13.7. The first-order chi connectivity index (χ1) is 8.45. The maximum absolute atomic E-state index is 13.6. The zero-order valence-corrected chi connectivity index (χ0v) is 11.4. The number of benzene rings is 1. The Balaban J connectivity index is 2.94. The number of rotatable bonds is 5. The first kappa shape index (κ1) is 15.0. The van der Waals surface area contributed by atoms with Gasteiger partial charge in [0.2, 0.25) is 0 Å². The van der Waals surface area contributed by atoms with Gasteiger partial charge in [-0.05, 0) is 24.6 Å². The summed E-state index contributed by atoms with van der Waals surface area (Å²) in [4.78, 5) is 12.9. The summed E-state index contributed by atoms with van der Waals surface area (Å²) in [5.41, 5.74) is 0.493. The second-order valence-corrected chi connectivity index (χ2v) is 4.61. The lowest BCUT2D eigenvalue weighted by atomic mass is 10.1. The van der Waals surface area contributed by atoms with Crippen molar-refractivity contribution in [1.82, 2.24) is 4.90 Å². The number of amides is 1. The summed E-state index contributed by atoms with van der Waals surface area (Å²) in [5, 5.41) is 0.360. The van der Waals surface area contributed by atoms with Gasteiger partial charge in [-0.15, -0.1) is 0 Å². The summed E-state index contributed by atoms with van der Waals surface area (Å²) >= 11 is 3.08. The second-order valence-electron chi connectivity index (χ2n) is 3.81. The fourth-order valence-electron chi connectivity index (χ4n) is 1.51. The third-order valence-corrected chi connectivity index (χ3v) is 2.71. The smallest absolute Gasteiger partial charge is 0.257 e. The van der Waals surface area contributed by atoms with E-state index in [2.05, 4.69) is 15.9 Å². The summed E-state index contributed by atoms with van der Waals surface area (Å²) in [6, 6.07) is 4.10. The average molecular weight is 324 g/mol. The highest BCUT2D eigenvalue weighted by Crippen LogP contribution is 2.14. The van der Waals surface area contributed by atoms with Gasteiger partial charge in [0.25, 0.3) is 12.3 Å². The topological polar surface area (TPSA) is 20.3 Å². The first-order valence-corrected chi connectivity index (χ1v) is 6.47. The zero-order valence-electron chi connectivity index (χ0n) is 9.80. The number of alkyl halides is 3. The van der Waals surface area contributed by atoms with Crippen molar-refractivity contribution in [2.75, 3.05) is 18.4 Å². The number of carbonyl (C=O) groups is 1. The van der Waals surface area contributed by atoms with E-state index in [1.807, 2.05) is 0 Å². The van der Waals surface area contributed by atoms with Crippen LogP contribution in [0.25, 0.3) is 0 Å². The normalized spacial score (nSPS) is 10.8. The Morgan fingerprint density at radius 3 is 2.61 bits per heavy atom. The molecule has 0 atom stereocenters. The fourth-order valence-corrected chi connectivity index (χ4v) is 1.94. The minimum absolute atomic E-state index is 0.108. The minimum atomic E-state index is -2.64. The van der Waals surface area contributed by atoms with Gasteiger partial charge in [0.1, 0.15) is 5.82 Å². The van der Waals surface area contributed by atoms with E-state index in [1.54, 1.807) is 13.0 Å². The van der Waals surface area contributed by atoms with Crippen LogP contribution in [0, 0.1) is 12.7 Å². The van der Waals surface area contributed by atoms with Crippen molar-refractivity contribution in [2.45, 2.75) is 13.3 Å². The molecule has 0 aliphatic heterocycles. The molecular formula is C12H13BrF3NO. The molecule has 0 unspecified atom stereocenters. The average Bonchev–Trinajstić information content (AvgIpc) is 2.27. The van der Waals surface area contributed by atoms with Crippen LogP contribution in [0.3, 0.4) is 0 Å². The molecule has 0 heterocycles. The summed E-state index contributed by atoms with van der Waals surface area (Å²) in [6.45, 7) is 1.10. The van der Waals surface area contributed by atoms with E-state index in [0.29, 0.717) is 10.9 Å². The van der Waals surface area contributed by atoms with Crippen molar-refractivity contribution >= 4 is 21.8 Å². The first-order valence-electron chi connectivity index (χ1n) is 5.35. The molecule has 0 aliphatic rings. The SMILES string of the molecule is Cc1ccc(C(=O)N(CCBr)CC(F)F)c(F)c1. The van der Waals surface area contributed by atoms with Crippen molar-refractivity contribution in [3.05, 3.63) is 35.1 Å². The van der Waals surface area contributed by atoms with Crippen LogP contribution in [0.15, 0.2) is 18.2 Å². The molecule has 0 aliphatic carbocycles. The standard InChI is InChI=1S/C12H13BrF3NO/c1-8-2-3-9(10(14)6-8)12(18)17(5-4-13)7-11(15)16/h2-3,6,11H,4-5,7H2,1H3. The lowest BCUT2D eigenvalue weighted by Gasteiger charge is -2.21. The Morgan fingerprint density at radius 2 is 2.11 bits per heavy atom. The molecule has 0 N–H and O–H groups in total. The Morgan fingerprint density at radius 1 is 1.44 bits per heavy atom. The van der Waals surface area contributed by atoms with Gasteiger partial charge in [0.05, 0.1) is 12.1 Å². The van der Waals surface area contributed by atoms with Gasteiger partial charge in [-0.3, -0.25) is 4.79 Å². The van der Waals surface area contributed by atoms with E-state index in [1.165, 1.54) is 12.1 Å². The highest BCUT2D eigenvalue weighted by molar-refractivity contribution is 9.09. The van der Waals surface area contributed by atoms with Gasteiger partial charge in [0, 0.05) is 11.9 Å². The molecule has 2 nitrogen and oxygen atoms in total. The van der Waals surface area contributed by atoms with Crippen LogP contribution in [-0.2, 0) is 0 Å². The van der Waals surface area contributed by atoms with E-state index in [9.17, 15) is 18.0 Å². The second kappa shape index (κ2) is 6.78. The molecule has 6 heteroatoms. The number of hydrogen-bond donors (Lipinski definition) is 0. The highest BCUT2D eigenvalue weighted by atomic mass is 79.9. The monoisotopic (exact) mass is 323 g/mol. The van der Waals surface area contributed by atoms with Crippen molar-refractivity contribution in [1.29, 1.82) is 0 Å². The van der Waals surface area contributed by atoms with E-state index in [4.69, 9.17) is 0 Å². The molecule has 0 fully saturated rings. The van der Waals surface area contributed by atoms with E-state index < -0.39 is 24.7 Å². The molecule has 18 heavy (non-hydrogen) atoms. The molecular weight excluding hydrogens is 311 g/mol. The van der Waals surface area contributed by atoms with Gasteiger partial charge in [0.15, 0.2) is 0 Å².